The van der Waals surface area contributed by atoms with Crippen LogP contribution < -0.4 is 5.73 Å². The maximum absolute atomic E-state index is 11.1. The number of nitrogens with one attached hydrogen (secondary N) is 1. The summed E-state index contributed by atoms with van der Waals surface area (Å²) in [6.45, 7) is 4.31. The van der Waals surface area contributed by atoms with Gasteiger partial charge in [0.15, 0.2) is 0 Å². The fourth-order valence-electron chi connectivity index (χ4n) is 0.817. The Hall–Kier alpha value is -1.26. The zero-order valence-corrected chi connectivity index (χ0v) is 8.33. The summed E-state index contributed by atoms with van der Waals surface area (Å²) in [4.78, 5) is 12.5. The highest BCUT2D eigenvalue weighted by molar-refractivity contribution is 5.80. The summed E-state index contributed by atoms with van der Waals surface area (Å²) >= 11 is 0. The molecule has 1 amide bonds. The predicted molar refractivity (Wildman–Crippen MR) is 50.7 cm³/mol. The highest BCUT2D eigenvalue weighted by Crippen LogP contribution is 1.99. The van der Waals surface area contributed by atoms with E-state index in [1.807, 2.05) is 0 Å². The molecule has 0 aromatic heterocycles. The molecule has 0 saturated heterocycles. The molecule has 0 heterocycles. The van der Waals surface area contributed by atoms with E-state index in [4.69, 9.17) is 15.9 Å². The second kappa shape index (κ2) is 5.40. The Balaban J connectivity index is 3.92. The fourth-order valence-corrected chi connectivity index (χ4v) is 0.817. The van der Waals surface area contributed by atoms with Gasteiger partial charge >= 0.3 is 6.09 Å². The Bertz CT molecular complexity index is 194. The van der Waals surface area contributed by atoms with Crippen molar-refractivity contribution in [3.05, 3.63) is 0 Å². The number of nitrogens with two attached hydrogens (primary N) is 1. The van der Waals surface area contributed by atoms with Gasteiger partial charge in [0.25, 0.3) is 0 Å². The number of ether oxygens (including phenoxy) is 1. The molecule has 0 aliphatic rings. The highest BCUT2D eigenvalue weighted by Gasteiger charge is 2.14. The number of amides is 1. The van der Waals surface area contributed by atoms with E-state index in [0.717, 1.165) is 0 Å². The van der Waals surface area contributed by atoms with Crippen molar-refractivity contribution < 1.29 is 9.53 Å². The van der Waals surface area contributed by atoms with E-state index in [1.165, 1.54) is 4.90 Å². The monoisotopic (exact) mass is 187 g/mol. The first-order valence-corrected chi connectivity index (χ1v) is 4.20. The number of rotatable bonds is 4. The molecule has 0 aromatic carbocycles. The average Bonchev–Trinajstić information content (AvgIpc) is 2.04. The molecule has 0 saturated carbocycles. The van der Waals surface area contributed by atoms with Gasteiger partial charge in [-0.3, -0.25) is 5.41 Å². The molecule has 0 aliphatic heterocycles. The summed E-state index contributed by atoms with van der Waals surface area (Å²) in [5.41, 5.74) is 5.26. The van der Waals surface area contributed by atoms with Crippen LogP contribution in [0.5, 0.6) is 0 Å². The number of nitrogens with zero attached hydrogens (tertiary/aromatic N) is 1. The van der Waals surface area contributed by atoms with Crippen molar-refractivity contribution >= 4 is 11.9 Å². The summed E-state index contributed by atoms with van der Waals surface area (Å²) in [5.74, 6) is -0.0504. The van der Waals surface area contributed by atoms with Crippen molar-refractivity contribution in [3.8, 4) is 0 Å². The van der Waals surface area contributed by atoms with E-state index in [-0.39, 0.29) is 17.8 Å². The Morgan fingerprint density at radius 2 is 2.23 bits per heavy atom. The SMILES string of the molecule is CCOC(=O)N(C)CC(C)C(=N)N. The first-order chi connectivity index (χ1) is 5.99. The molecule has 0 aliphatic carbocycles. The van der Waals surface area contributed by atoms with E-state index < -0.39 is 0 Å². The first kappa shape index (κ1) is 11.7. The number of carbonyl (C=O) groups excluding carboxylic acids is 1. The average molecular weight is 187 g/mol. The molecule has 0 rings (SSSR count). The van der Waals surface area contributed by atoms with Crippen molar-refractivity contribution in [3.63, 3.8) is 0 Å². The summed E-state index contributed by atoms with van der Waals surface area (Å²) in [7, 11) is 1.62. The summed E-state index contributed by atoms with van der Waals surface area (Å²) in [5, 5.41) is 7.14. The van der Waals surface area contributed by atoms with Gasteiger partial charge in [0.1, 0.15) is 0 Å². The van der Waals surface area contributed by atoms with Gasteiger partial charge in [-0.05, 0) is 6.92 Å². The van der Waals surface area contributed by atoms with Gasteiger partial charge in [0.2, 0.25) is 0 Å². The topological polar surface area (TPSA) is 79.4 Å². The second-order valence-corrected chi connectivity index (χ2v) is 2.94. The van der Waals surface area contributed by atoms with Crippen molar-refractivity contribution in [2.75, 3.05) is 20.2 Å². The maximum Gasteiger partial charge on any atom is 0.409 e. The lowest BCUT2D eigenvalue weighted by Crippen LogP contribution is -2.36. The molecule has 13 heavy (non-hydrogen) atoms. The van der Waals surface area contributed by atoms with Crippen LogP contribution in [0.25, 0.3) is 0 Å². The Morgan fingerprint density at radius 1 is 1.69 bits per heavy atom. The molecule has 1 unspecified atom stereocenters. The van der Waals surface area contributed by atoms with Crippen LogP contribution in [-0.4, -0.2) is 37.0 Å². The van der Waals surface area contributed by atoms with Crippen LogP contribution in [0.3, 0.4) is 0 Å². The third-order valence-corrected chi connectivity index (χ3v) is 1.66. The van der Waals surface area contributed by atoms with Crippen molar-refractivity contribution in [2.45, 2.75) is 13.8 Å². The molecule has 3 N–H and O–H groups in total. The largest absolute Gasteiger partial charge is 0.450 e. The summed E-state index contributed by atoms with van der Waals surface area (Å²) < 4.78 is 4.76. The lowest BCUT2D eigenvalue weighted by molar-refractivity contribution is 0.114. The van der Waals surface area contributed by atoms with Gasteiger partial charge in [-0.15, -0.1) is 0 Å². The molecule has 1 atom stereocenters. The smallest absolute Gasteiger partial charge is 0.409 e. The molecule has 0 fully saturated rings. The van der Waals surface area contributed by atoms with Crippen LogP contribution >= 0.6 is 0 Å². The number of hydrogen-bond acceptors (Lipinski definition) is 3. The molecule has 0 aromatic rings. The van der Waals surface area contributed by atoms with E-state index >= 15 is 0 Å². The van der Waals surface area contributed by atoms with E-state index in [0.29, 0.717) is 13.2 Å². The van der Waals surface area contributed by atoms with Crippen LogP contribution in [0.15, 0.2) is 0 Å². The first-order valence-electron chi connectivity index (χ1n) is 4.20. The Morgan fingerprint density at radius 3 is 2.62 bits per heavy atom. The molecule has 0 bridgehead atoms. The molecular formula is C8H17N3O2. The normalized spacial score (nSPS) is 11.9. The Kier molecular flexibility index (Phi) is 4.87. The van der Waals surface area contributed by atoms with Gasteiger partial charge in [0.05, 0.1) is 12.4 Å². The van der Waals surface area contributed by atoms with Gasteiger partial charge in [-0.25, -0.2) is 4.79 Å². The minimum absolute atomic E-state index is 0.0798. The van der Waals surface area contributed by atoms with Crippen molar-refractivity contribution in [1.29, 1.82) is 5.41 Å². The van der Waals surface area contributed by atoms with E-state index in [1.54, 1.807) is 20.9 Å². The summed E-state index contributed by atoms with van der Waals surface area (Å²) in [6.07, 6.45) is -0.379. The zero-order valence-electron chi connectivity index (χ0n) is 8.33. The predicted octanol–water partition coefficient (Wildman–Crippen LogP) is 0.647. The van der Waals surface area contributed by atoms with Gasteiger partial charge in [-0.2, -0.15) is 0 Å². The lowest BCUT2D eigenvalue weighted by atomic mass is 10.1. The van der Waals surface area contributed by atoms with Crippen LogP contribution in [0.2, 0.25) is 0 Å². The van der Waals surface area contributed by atoms with Crippen LogP contribution in [-0.2, 0) is 4.74 Å². The van der Waals surface area contributed by atoms with E-state index in [9.17, 15) is 4.79 Å². The molecule has 76 valence electrons. The fraction of sp³-hybridized carbons (Fsp3) is 0.750. The van der Waals surface area contributed by atoms with Gasteiger partial charge in [0, 0.05) is 19.5 Å². The lowest BCUT2D eigenvalue weighted by Gasteiger charge is -2.19. The van der Waals surface area contributed by atoms with Crippen LogP contribution in [0, 0.1) is 11.3 Å². The molecular weight excluding hydrogens is 170 g/mol. The standard InChI is InChI=1S/C8H17N3O2/c1-4-13-8(12)11(3)5-6(2)7(9)10/h6H,4-5H2,1-3H3,(H3,9,10). The van der Waals surface area contributed by atoms with E-state index in [2.05, 4.69) is 0 Å². The number of amidine groups is 1. The number of hydrogen-bond donors (Lipinski definition) is 2. The third-order valence-electron chi connectivity index (χ3n) is 1.66. The van der Waals surface area contributed by atoms with Crippen LogP contribution in [0.1, 0.15) is 13.8 Å². The zero-order chi connectivity index (χ0) is 10.4. The maximum atomic E-state index is 11.1. The van der Waals surface area contributed by atoms with Crippen molar-refractivity contribution in [1.82, 2.24) is 4.90 Å². The third kappa shape index (κ3) is 4.35. The molecule has 5 nitrogen and oxygen atoms in total. The van der Waals surface area contributed by atoms with Crippen molar-refractivity contribution in [2.24, 2.45) is 11.7 Å². The number of carbonyl (C=O) groups is 1. The van der Waals surface area contributed by atoms with Gasteiger partial charge < -0.3 is 15.4 Å². The Labute approximate surface area is 78.4 Å². The summed E-state index contributed by atoms with van der Waals surface area (Å²) in [6, 6.07) is 0. The highest BCUT2D eigenvalue weighted by atomic mass is 16.5. The quantitative estimate of drug-likeness (QED) is 0.501. The minimum Gasteiger partial charge on any atom is -0.450 e. The molecule has 0 radical (unpaired) electrons. The second-order valence-electron chi connectivity index (χ2n) is 2.94. The minimum atomic E-state index is -0.379. The molecule has 0 spiro atoms. The van der Waals surface area contributed by atoms with Crippen LogP contribution in [0.4, 0.5) is 4.79 Å². The molecule has 5 heteroatoms. The van der Waals surface area contributed by atoms with Gasteiger partial charge in [-0.1, -0.05) is 6.92 Å².